The van der Waals surface area contributed by atoms with Gasteiger partial charge in [-0.2, -0.15) is 0 Å². The van der Waals surface area contributed by atoms with Gasteiger partial charge in [0, 0.05) is 12.6 Å². The van der Waals surface area contributed by atoms with Crippen LogP contribution in [0.15, 0.2) is 4.99 Å². The Balaban J connectivity index is 2.28. The smallest absolute Gasteiger partial charge is 0.0853 e. The van der Waals surface area contributed by atoms with Crippen LogP contribution in [0.5, 0.6) is 0 Å². The van der Waals surface area contributed by atoms with Crippen molar-refractivity contribution in [3.8, 4) is 0 Å². The first-order chi connectivity index (χ1) is 5.20. The lowest BCUT2D eigenvalue weighted by Gasteiger charge is -2.24. The van der Waals surface area contributed by atoms with Crippen molar-refractivity contribution >= 4 is 6.34 Å². The summed E-state index contributed by atoms with van der Waals surface area (Å²) in [7, 11) is 0. The first-order valence-electron chi connectivity index (χ1n) is 4.46. The molecule has 0 fully saturated rings. The Morgan fingerprint density at radius 3 is 2.64 bits per heavy atom. The largest absolute Gasteiger partial charge is 0.358 e. The van der Waals surface area contributed by atoms with E-state index >= 15 is 0 Å². The minimum atomic E-state index is 0.668. The van der Waals surface area contributed by atoms with Gasteiger partial charge in [0.2, 0.25) is 0 Å². The summed E-state index contributed by atoms with van der Waals surface area (Å²) in [6.07, 6.45) is 3.26. The maximum absolute atomic E-state index is 4.19. The molecule has 1 unspecified atom stereocenters. The third-order valence-electron chi connectivity index (χ3n) is 2.10. The Hall–Kier alpha value is -0.530. The lowest BCUT2D eigenvalue weighted by molar-refractivity contribution is 0.315. The van der Waals surface area contributed by atoms with Crippen molar-refractivity contribution in [2.45, 2.75) is 33.2 Å². The summed E-state index contributed by atoms with van der Waals surface area (Å²) in [6.45, 7) is 8.92. The van der Waals surface area contributed by atoms with Crippen LogP contribution < -0.4 is 0 Å². The SMILES string of the molecule is CC(C)CC(C)N1C=NCC1. The van der Waals surface area contributed by atoms with E-state index in [0.717, 1.165) is 19.0 Å². The number of nitrogens with zero attached hydrogens (tertiary/aromatic N) is 2. The molecule has 0 aromatic heterocycles. The zero-order valence-electron chi connectivity index (χ0n) is 7.75. The van der Waals surface area contributed by atoms with Crippen molar-refractivity contribution in [2.24, 2.45) is 10.9 Å². The normalized spacial score (nSPS) is 19.8. The molecule has 0 saturated carbocycles. The van der Waals surface area contributed by atoms with E-state index in [2.05, 4.69) is 30.7 Å². The summed E-state index contributed by atoms with van der Waals surface area (Å²) < 4.78 is 0. The molecule has 11 heavy (non-hydrogen) atoms. The zero-order valence-corrected chi connectivity index (χ0v) is 7.75. The Morgan fingerprint density at radius 2 is 2.18 bits per heavy atom. The monoisotopic (exact) mass is 154 g/mol. The second-order valence-corrected chi connectivity index (χ2v) is 3.74. The van der Waals surface area contributed by atoms with Crippen molar-refractivity contribution in [1.29, 1.82) is 0 Å². The van der Waals surface area contributed by atoms with Crippen LogP contribution in [0.3, 0.4) is 0 Å². The standard InChI is InChI=1S/C9H18N2/c1-8(2)6-9(3)11-5-4-10-7-11/h7-9H,4-6H2,1-3H3. The second kappa shape index (κ2) is 3.74. The molecule has 1 aliphatic heterocycles. The van der Waals surface area contributed by atoms with Gasteiger partial charge in [0.15, 0.2) is 0 Å². The number of hydrogen-bond donors (Lipinski definition) is 0. The molecule has 1 heterocycles. The van der Waals surface area contributed by atoms with E-state index in [9.17, 15) is 0 Å². The average Bonchev–Trinajstić information content (AvgIpc) is 2.35. The Bertz CT molecular complexity index is 140. The van der Waals surface area contributed by atoms with Crippen LogP contribution >= 0.6 is 0 Å². The van der Waals surface area contributed by atoms with Crippen LogP contribution in [-0.4, -0.2) is 30.4 Å². The van der Waals surface area contributed by atoms with Gasteiger partial charge in [-0.05, 0) is 19.3 Å². The fraction of sp³-hybridized carbons (Fsp3) is 0.889. The topological polar surface area (TPSA) is 15.6 Å². The van der Waals surface area contributed by atoms with E-state index in [1.165, 1.54) is 6.42 Å². The highest BCUT2D eigenvalue weighted by Crippen LogP contribution is 2.11. The van der Waals surface area contributed by atoms with Gasteiger partial charge in [-0.3, -0.25) is 4.99 Å². The quantitative estimate of drug-likeness (QED) is 0.605. The number of aliphatic imine (C=N–C) groups is 1. The van der Waals surface area contributed by atoms with E-state index in [0.29, 0.717) is 6.04 Å². The van der Waals surface area contributed by atoms with Gasteiger partial charge in [-0.1, -0.05) is 13.8 Å². The predicted octanol–water partition coefficient (Wildman–Crippen LogP) is 1.76. The summed E-state index contributed by atoms with van der Waals surface area (Å²) in [6, 6.07) is 0.668. The van der Waals surface area contributed by atoms with Gasteiger partial charge < -0.3 is 4.90 Å². The molecule has 2 heteroatoms. The fourth-order valence-electron chi connectivity index (χ4n) is 1.55. The zero-order chi connectivity index (χ0) is 8.27. The molecule has 0 aromatic rings. The van der Waals surface area contributed by atoms with Crippen molar-refractivity contribution in [3.63, 3.8) is 0 Å². The van der Waals surface area contributed by atoms with Gasteiger partial charge in [0.05, 0.1) is 12.9 Å². The van der Waals surface area contributed by atoms with E-state index in [4.69, 9.17) is 0 Å². The molecule has 64 valence electrons. The first kappa shape index (κ1) is 8.57. The third-order valence-corrected chi connectivity index (χ3v) is 2.10. The molecule has 0 N–H and O–H groups in total. The Morgan fingerprint density at radius 1 is 1.45 bits per heavy atom. The molecule has 1 rings (SSSR count). The molecule has 1 atom stereocenters. The van der Waals surface area contributed by atoms with E-state index < -0.39 is 0 Å². The highest BCUT2D eigenvalue weighted by Gasteiger charge is 2.13. The van der Waals surface area contributed by atoms with Crippen molar-refractivity contribution < 1.29 is 0 Å². The van der Waals surface area contributed by atoms with Crippen molar-refractivity contribution in [1.82, 2.24) is 4.90 Å². The summed E-state index contributed by atoms with van der Waals surface area (Å²) in [5.41, 5.74) is 0. The molecule has 0 radical (unpaired) electrons. The lowest BCUT2D eigenvalue weighted by atomic mass is 10.0. The van der Waals surface area contributed by atoms with E-state index in [1.54, 1.807) is 0 Å². The molecule has 0 bridgehead atoms. The minimum Gasteiger partial charge on any atom is -0.358 e. The van der Waals surface area contributed by atoms with Crippen LogP contribution in [0, 0.1) is 5.92 Å². The van der Waals surface area contributed by atoms with Crippen LogP contribution in [-0.2, 0) is 0 Å². The summed E-state index contributed by atoms with van der Waals surface area (Å²) in [5.74, 6) is 0.791. The average molecular weight is 154 g/mol. The van der Waals surface area contributed by atoms with Crippen LogP contribution in [0.25, 0.3) is 0 Å². The summed E-state index contributed by atoms with van der Waals surface area (Å²) in [5, 5.41) is 0. The Kier molecular flexibility index (Phi) is 2.92. The van der Waals surface area contributed by atoms with Crippen LogP contribution in [0.4, 0.5) is 0 Å². The van der Waals surface area contributed by atoms with Gasteiger partial charge >= 0.3 is 0 Å². The highest BCUT2D eigenvalue weighted by atomic mass is 15.2. The maximum atomic E-state index is 4.19. The molecule has 1 aliphatic rings. The van der Waals surface area contributed by atoms with Crippen molar-refractivity contribution in [3.05, 3.63) is 0 Å². The molecule has 0 aromatic carbocycles. The third kappa shape index (κ3) is 2.52. The summed E-state index contributed by atoms with van der Waals surface area (Å²) in [4.78, 5) is 6.53. The van der Waals surface area contributed by atoms with E-state index in [1.807, 2.05) is 6.34 Å². The molecule has 2 nitrogen and oxygen atoms in total. The Labute approximate surface area is 69.3 Å². The van der Waals surface area contributed by atoms with Gasteiger partial charge in [0.25, 0.3) is 0 Å². The highest BCUT2D eigenvalue weighted by molar-refractivity contribution is 5.57. The molecular formula is C9H18N2. The minimum absolute atomic E-state index is 0.668. The number of hydrogen-bond acceptors (Lipinski definition) is 2. The molecule has 0 aliphatic carbocycles. The first-order valence-corrected chi connectivity index (χ1v) is 4.46. The molecular weight excluding hydrogens is 136 g/mol. The molecule has 0 amide bonds. The molecule has 0 spiro atoms. The van der Waals surface area contributed by atoms with E-state index in [-0.39, 0.29) is 0 Å². The second-order valence-electron chi connectivity index (χ2n) is 3.74. The van der Waals surface area contributed by atoms with Gasteiger partial charge in [-0.25, -0.2) is 0 Å². The number of rotatable bonds is 3. The van der Waals surface area contributed by atoms with Crippen LogP contribution in [0.1, 0.15) is 27.2 Å². The molecule has 0 saturated heterocycles. The maximum Gasteiger partial charge on any atom is 0.0853 e. The van der Waals surface area contributed by atoms with Crippen LogP contribution in [0.2, 0.25) is 0 Å². The van der Waals surface area contributed by atoms with Gasteiger partial charge in [0.1, 0.15) is 0 Å². The lowest BCUT2D eigenvalue weighted by Crippen LogP contribution is -2.31. The summed E-state index contributed by atoms with van der Waals surface area (Å²) >= 11 is 0. The fourth-order valence-corrected chi connectivity index (χ4v) is 1.55. The van der Waals surface area contributed by atoms with Gasteiger partial charge in [-0.15, -0.1) is 0 Å². The van der Waals surface area contributed by atoms with Crippen molar-refractivity contribution in [2.75, 3.05) is 13.1 Å². The predicted molar refractivity (Wildman–Crippen MR) is 49.0 cm³/mol.